The molecule has 3 rings (SSSR count). The summed E-state index contributed by atoms with van der Waals surface area (Å²) in [5.74, 6) is 0.516. The molecule has 1 aliphatic heterocycles. The summed E-state index contributed by atoms with van der Waals surface area (Å²) in [5, 5.41) is 9.79. The Labute approximate surface area is 121 Å². The second kappa shape index (κ2) is 4.86. The fourth-order valence-corrected chi connectivity index (χ4v) is 4.86. The van der Waals surface area contributed by atoms with E-state index in [4.69, 9.17) is 9.47 Å². The molecule has 0 N–H and O–H groups in total. The van der Waals surface area contributed by atoms with E-state index in [0.29, 0.717) is 24.5 Å². The predicted octanol–water partition coefficient (Wildman–Crippen LogP) is 3.66. The molecule has 0 bridgehead atoms. The van der Waals surface area contributed by atoms with Gasteiger partial charge in [-0.1, -0.05) is 33.3 Å². The van der Waals surface area contributed by atoms with Crippen LogP contribution in [0.15, 0.2) is 11.6 Å². The smallest absolute Gasteiger partial charge is 0.181 e. The van der Waals surface area contributed by atoms with E-state index in [1.807, 2.05) is 0 Å². The van der Waals surface area contributed by atoms with E-state index in [2.05, 4.69) is 32.9 Å². The van der Waals surface area contributed by atoms with Crippen LogP contribution < -0.4 is 0 Å². The molecule has 3 nitrogen and oxygen atoms in total. The fraction of sp³-hybridized carbons (Fsp3) is 0.824. The lowest BCUT2D eigenvalue weighted by Crippen LogP contribution is -2.49. The molecule has 1 heterocycles. The highest BCUT2D eigenvalue weighted by Gasteiger charge is 2.54. The van der Waals surface area contributed by atoms with Gasteiger partial charge in [0.25, 0.3) is 0 Å². The zero-order valence-corrected chi connectivity index (χ0v) is 12.8. The second-order valence-corrected chi connectivity index (χ2v) is 7.48. The van der Waals surface area contributed by atoms with Gasteiger partial charge in [0.1, 0.15) is 0 Å². The van der Waals surface area contributed by atoms with Gasteiger partial charge in [-0.15, -0.1) is 0 Å². The van der Waals surface area contributed by atoms with Crippen molar-refractivity contribution in [2.24, 2.45) is 22.7 Å². The van der Waals surface area contributed by atoms with Crippen molar-refractivity contribution < 1.29 is 9.47 Å². The standard InChI is InChI=1S/C17H25NO2/c1-16(2)7-4-8-17(3)13(11-18)12(5-6-14(16)17)15-19-9-10-20-15/h5,13-15H,4,6-10H2,1-3H3/t13-,14+,17-/m1/s1. The molecule has 110 valence electrons. The number of fused-ring (bicyclic) bond motifs is 1. The fourth-order valence-electron chi connectivity index (χ4n) is 4.86. The number of nitriles is 1. The average Bonchev–Trinajstić information content (AvgIpc) is 2.90. The van der Waals surface area contributed by atoms with Gasteiger partial charge in [0.2, 0.25) is 0 Å². The average molecular weight is 275 g/mol. The largest absolute Gasteiger partial charge is 0.346 e. The lowest BCUT2D eigenvalue weighted by molar-refractivity contribution is -0.0592. The van der Waals surface area contributed by atoms with Crippen LogP contribution in [0, 0.1) is 34.0 Å². The van der Waals surface area contributed by atoms with Crippen molar-refractivity contribution in [3.05, 3.63) is 11.6 Å². The summed E-state index contributed by atoms with van der Waals surface area (Å²) in [6, 6.07) is 2.58. The summed E-state index contributed by atoms with van der Waals surface area (Å²) in [7, 11) is 0. The van der Waals surface area contributed by atoms with Gasteiger partial charge in [0.05, 0.1) is 25.2 Å². The zero-order chi connectivity index (χ0) is 14.4. The molecule has 3 heteroatoms. The molecule has 0 aromatic rings. The Bertz CT molecular complexity index is 456. The predicted molar refractivity (Wildman–Crippen MR) is 76.7 cm³/mol. The molecule has 1 saturated heterocycles. The quantitative estimate of drug-likeness (QED) is 0.686. The van der Waals surface area contributed by atoms with Gasteiger partial charge >= 0.3 is 0 Å². The van der Waals surface area contributed by atoms with E-state index >= 15 is 0 Å². The number of hydrogen-bond acceptors (Lipinski definition) is 3. The molecule has 3 aliphatic rings. The molecule has 0 radical (unpaired) electrons. The summed E-state index contributed by atoms with van der Waals surface area (Å²) in [5.41, 5.74) is 1.47. The van der Waals surface area contributed by atoms with Crippen molar-refractivity contribution in [1.29, 1.82) is 5.26 Å². The van der Waals surface area contributed by atoms with Crippen LogP contribution in [-0.2, 0) is 9.47 Å². The number of ether oxygens (including phenoxy) is 2. The first-order chi connectivity index (χ1) is 9.49. The first-order valence-electron chi connectivity index (χ1n) is 7.82. The van der Waals surface area contributed by atoms with Gasteiger partial charge in [0.15, 0.2) is 6.29 Å². The molecule has 1 saturated carbocycles. The Balaban J connectivity index is 1.97. The Kier molecular flexibility index (Phi) is 3.43. The summed E-state index contributed by atoms with van der Waals surface area (Å²) in [6.07, 6.45) is 6.65. The molecule has 0 spiro atoms. The molecule has 2 fully saturated rings. The lowest BCUT2D eigenvalue weighted by atomic mass is 9.49. The van der Waals surface area contributed by atoms with Gasteiger partial charge in [-0.2, -0.15) is 5.26 Å². The third-order valence-corrected chi connectivity index (χ3v) is 5.88. The molecule has 0 aromatic carbocycles. The Morgan fingerprint density at radius 3 is 2.55 bits per heavy atom. The van der Waals surface area contributed by atoms with Crippen molar-refractivity contribution in [2.75, 3.05) is 13.2 Å². The van der Waals surface area contributed by atoms with Crippen molar-refractivity contribution in [3.8, 4) is 6.07 Å². The number of allylic oxidation sites excluding steroid dienone is 1. The van der Waals surface area contributed by atoms with Crippen LogP contribution in [0.2, 0.25) is 0 Å². The van der Waals surface area contributed by atoms with Crippen LogP contribution in [0.3, 0.4) is 0 Å². The molecule has 20 heavy (non-hydrogen) atoms. The van der Waals surface area contributed by atoms with E-state index in [-0.39, 0.29) is 17.6 Å². The Morgan fingerprint density at radius 2 is 1.90 bits per heavy atom. The maximum atomic E-state index is 9.79. The van der Waals surface area contributed by atoms with Crippen LogP contribution in [0.5, 0.6) is 0 Å². The van der Waals surface area contributed by atoms with E-state index in [9.17, 15) is 5.26 Å². The molecular formula is C17H25NO2. The van der Waals surface area contributed by atoms with E-state index in [1.54, 1.807) is 0 Å². The van der Waals surface area contributed by atoms with Crippen LogP contribution in [-0.4, -0.2) is 19.5 Å². The minimum absolute atomic E-state index is 0.0654. The van der Waals surface area contributed by atoms with Crippen LogP contribution >= 0.6 is 0 Å². The van der Waals surface area contributed by atoms with Gasteiger partial charge < -0.3 is 9.47 Å². The molecular weight excluding hydrogens is 250 g/mol. The monoisotopic (exact) mass is 275 g/mol. The van der Waals surface area contributed by atoms with Gasteiger partial charge in [-0.05, 0) is 41.6 Å². The van der Waals surface area contributed by atoms with Crippen molar-refractivity contribution in [1.82, 2.24) is 0 Å². The van der Waals surface area contributed by atoms with Crippen LogP contribution in [0.4, 0.5) is 0 Å². The van der Waals surface area contributed by atoms with Crippen molar-refractivity contribution >= 4 is 0 Å². The Morgan fingerprint density at radius 1 is 1.20 bits per heavy atom. The molecule has 3 atom stereocenters. The SMILES string of the molecule is CC1(C)CCC[C@]2(C)[C@H](C#N)C(C3OCCO3)=CC[C@@H]12. The van der Waals surface area contributed by atoms with E-state index in [0.717, 1.165) is 18.4 Å². The highest BCUT2D eigenvalue weighted by molar-refractivity contribution is 5.27. The maximum Gasteiger partial charge on any atom is 0.181 e. The summed E-state index contributed by atoms with van der Waals surface area (Å²) in [4.78, 5) is 0. The maximum absolute atomic E-state index is 9.79. The Hall–Kier alpha value is -0.850. The van der Waals surface area contributed by atoms with Crippen LogP contribution in [0.1, 0.15) is 46.5 Å². The summed E-state index contributed by atoms with van der Waals surface area (Å²) < 4.78 is 11.3. The van der Waals surface area contributed by atoms with E-state index in [1.165, 1.54) is 12.8 Å². The highest BCUT2D eigenvalue weighted by Crippen LogP contribution is 2.60. The van der Waals surface area contributed by atoms with E-state index < -0.39 is 0 Å². The summed E-state index contributed by atoms with van der Waals surface area (Å²) >= 11 is 0. The lowest BCUT2D eigenvalue weighted by Gasteiger charge is -2.55. The normalized spacial score (nSPS) is 40.8. The van der Waals surface area contributed by atoms with Gasteiger partial charge in [-0.25, -0.2) is 0 Å². The third kappa shape index (κ3) is 2.01. The molecule has 2 aliphatic carbocycles. The molecule has 0 aromatic heterocycles. The van der Waals surface area contributed by atoms with Gasteiger partial charge in [0, 0.05) is 0 Å². The van der Waals surface area contributed by atoms with Gasteiger partial charge in [-0.3, -0.25) is 0 Å². The zero-order valence-electron chi connectivity index (χ0n) is 12.8. The van der Waals surface area contributed by atoms with Crippen LogP contribution in [0.25, 0.3) is 0 Å². The molecule has 0 amide bonds. The second-order valence-electron chi connectivity index (χ2n) is 7.48. The van der Waals surface area contributed by atoms with Crippen molar-refractivity contribution in [2.45, 2.75) is 52.7 Å². The summed E-state index contributed by atoms with van der Waals surface area (Å²) in [6.45, 7) is 8.34. The van der Waals surface area contributed by atoms with Crippen molar-refractivity contribution in [3.63, 3.8) is 0 Å². The molecule has 0 unspecified atom stereocenters. The topological polar surface area (TPSA) is 42.2 Å². The highest BCUT2D eigenvalue weighted by atomic mass is 16.7. The first kappa shape index (κ1) is 14.1. The third-order valence-electron chi connectivity index (χ3n) is 5.88. The minimum Gasteiger partial charge on any atom is -0.346 e. The number of hydrogen-bond donors (Lipinski definition) is 0. The number of rotatable bonds is 1. The first-order valence-corrected chi connectivity index (χ1v) is 7.82. The minimum atomic E-state index is -0.275. The number of nitrogens with zero attached hydrogens (tertiary/aromatic N) is 1.